The van der Waals surface area contributed by atoms with Gasteiger partial charge in [0.25, 0.3) is 11.8 Å². The Morgan fingerprint density at radius 3 is 2.47 bits per heavy atom. The number of β-amino-alcohol motifs (C(OH)–C–C–N with tert-alkyl or cyclic N) is 1. The van der Waals surface area contributed by atoms with Crippen LogP contribution in [-0.4, -0.2) is 96.8 Å². The number of carbonyl (C=O) groups is 3. The molecule has 2 saturated heterocycles. The second kappa shape index (κ2) is 12.5. The van der Waals surface area contributed by atoms with E-state index in [0.29, 0.717) is 45.7 Å². The van der Waals surface area contributed by atoms with Crippen LogP contribution in [0.25, 0.3) is 11.3 Å². The maximum Gasteiger partial charge on any atom is 0.435 e. The lowest BCUT2D eigenvalue weighted by Gasteiger charge is -2.39. The second-order valence-corrected chi connectivity index (χ2v) is 11.3. The van der Waals surface area contributed by atoms with Crippen molar-refractivity contribution in [3.63, 3.8) is 0 Å². The molecule has 2 fully saturated rings. The molecule has 13 nitrogen and oxygen atoms in total. The number of imidazole rings is 1. The lowest BCUT2D eigenvalue weighted by Crippen LogP contribution is -2.59. The van der Waals surface area contributed by atoms with Crippen LogP contribution in [0.2, 0.25) is 5.02 Å². The largest absolute Gasteiger partial charge is 0.435 e. The first-order chi connectivity index (χ1) is 21.3. The van der Waals surface area contributed by atoms with Crippen molar-refractivity contribution in [3.8, 4) is 17.3 Å². The first-order valence-electron chi connectivity index (χ1n) is 13.9. The third-order valence-corrected chi connectivity index (χ3v) is 8.13. The van der Waals surface area contributed by atoms with E-state index in [9.17, 15) is 32.7 Å². The van der Waals surface area contributed by atoms with Crippen molar-refractivity contribution in [3.05, 3.63) is 52.7 Å². The molecule has 2 aliphatic rings. The van der Waals surface area contributed by atoms with Gasteiger partial charge in [-0.25, -0.2) is 4.98 Å². The molecule has 17 heteroatoms. The van der Waals surface area contributed by atoms with Gasteiger partial charge in [-0.2, -0.15) is 23.5 Å². The molecule has 238 valence electrons. The number of nitrogens with one attached hydrogen (secondary N) is 2. The quantitative estimate of drug-likeness (QED) is 0.335. The van der Waals surface area contributed by atoms with Crippen LogP contribution < -0.4 is 10.6 Å². The maximum atomic E-state index is 13.6. The number of carbonyl (C=O) groups excluding carboxylic acids is 3. The molecule has 2 aromatic heterocycles. The van der Waals surface area contributed by atoms with Crippen LogP contribution in [0.1, 0.15) is 39.5 Å². The van der Waals surface area contributed by atoms with Gasteiger partial charge in [0, 0.05) is 64.6 Å². The SMILES string of the molecule is Cn1c(-c2cn(CC#N)nc2C(F)(F)F)cnc1C(=O)Nc1ccc(C(=O)N2CCN(C(=O)CCC3(O)CNC3)CC2)c(Cl)c1. The Morgan fingerprint density at radius 2 is 1.87 bits per heavy atom. The molecule has 45 heavy (non-hydrogen) atoms. The Bertz CT molecular complexity index is 1670. The Kier molecular flexibility index (Phi) is 8.88. The van der Waals surface area contributed by atoms with E-state index in [1.165, 1.54) is 29.8 Å². The number of piperazine rings is 1. The van der Waals surface area contributed by atoms with Crippen LogP contribution in [0.15, 0.2) is 30.6 Å². The molecule has 0 bridgehead atoms. The summed E-state index contributed by atoms with van der Waals surface area (Å²) < 4.78 is 42.9. The summed E-state index contributed by atoms with van der Waals surface area (Å²) in [5.41, 5.74) is -2.00. The van der Waals surface area contributed by atoms with Gasteiger partial charge in [0.15, 0.2) is 11.5 Å². The summed E-state index contributed by atoms with van der Waals surface area (Å²) in [4.78, 5) is 46.0. The first kappa shape index (κ1) is 31.9. The van der Waals surface area contributed by atoms with Crippen molar-refractivity contribution in [2.45, 2.75) is 31.2 Å². The second-order valence-electron chi connectivity index (χ2n) is 10.9. The fraction of sp³-hybridized carbons (Fsp3) is 0.429. The number of alkyl halides is 3. The molecule has 0 aliphatic carbocycles. The third-order valence-electron chi connectivity index (χ3n) is 7.82. The molecule has 0 atom stereocenters. The topological polar surface area (TPSA) is 161 Å². The number of aliphatic hydroxyl groups is 1. The van der Waals surface area contributed by atoms with E-state index in [2.05, 4.69) is 20.7 Å². The van der Waals surface area contributed by atoms with E-state index < -0.39 is 29.9 Å². The standard InChI is InChI=1S/C28H29ClF3N9O4/c1-38-21(19-14-41(7-6-33)37-23(19)28(30,31)32)13-35-24(38)25(43)36-17-2-3-18(20(29)12-17)26(44)40-10-8-39(9-11-40)22(42)4-5-27(45)15-34-16-27/h2-3,12-14,34,45H,4-5,7-11,15-16H2,1H3,(H,36,43). The highest BCUT2D eigenvalue weighted by Gasteiger charge is 2.39. The number of rotatable bonds is 8. The van der Waals surface area contributed by atoms with E-state index in [-0.39, 0.29) is 51.6 Å². The molecule has 3 amide bonds. The van der Waals surface area contributed by atoms with E-state index in [1.807, 2.05) is 0 Å². The number of hydrogen-bond donors (Lipinski definition) is 3. The number of anilines is 1. The van der Waals surface area contributed by atoms with Crippen molar-refractivity contribution in [1.82, 2.24) is 34.4 Å². The van der Waals surface area contributed by atoms with Crippen LogP contribution >= 0.6 is 11.6 Å². The van der Waals surface area contributed by atoms with Crippen LogP contribution in [0, 0.1) is 11.3 Å². The summed E-state index contributed by atoms with van der Waals surface area (Å²) in [6.45, 7) is 1.86. The molecule has 0 saturated carbocycles. The van der Waals surface area contributed by atoms with Crippen molar-refractivity contribution >= 4 is 35.0 Å². The van der Waals surface area contributed by atoms with Gasteiger partial charge in [-0.3, -0.25) is 19.1 Å². The predicted octanol–water partition coefficient (Wildman–Crippen LogP) is 2.13. The Hall–Kier alpha value is -4.46. The molecule has 3 N–H and O–H groups in total. The summed E-state index contributed by atoms with van der Waals surface area (Å²) in [5.74, 6) is -1.35. The van der Waals surface area contributed by atoms with Gasteiger partial charge in [-0.15, -0.1) is 0 Å². The maximum absolute atomic E-state index is 13.6. The summed E-state index contributed by atoms with van der Waals surface area (Å²) in [5, 5.41) is 28.1. The number of halogens is 4. The van der Waals surface area contributed by atoms with Gasteiger partial charge in [0.2, 0.25) is 5.91 Å². The van der Waals surface area contributed by atoms with E-state index >= 15 is 0 Å². The molecule has 2 aliphatic heterocycles. The lowest BCUT2D eigenvalue weighted by molar-refractivity contribution is -0.141. The fourth-order valence-electron chi connectivity index (χ4n) is 5.21. The summed E-state index contributed by atoms with van der Waals surface area (Å²) >= 11 is 6.41. The Labute approximate surface area is 260 Å². The number of benzene rings is 1. The van der Waals surface area contributed by atoms with Gasteiger partial charge in [-0.05, 0) is 24.6 Å². The molecule has 0 spiro atoms. The molecular formula is C28H29ClF3N9O4. The number of nitriles is 1. The molecular weight excluding hydrogens is 619 g/mol. The highest BCUT2D eigenvalue weighted by Crippen LogP contribution is 2.36. The molecule has 1 aromatic carbocycles. The minimum atomic E-state index is -4.80. The molecule has 0 unspecified atom stereocenters. The fourth-order valence-corrected chi connectivity index (χ4v) is 5.47. The Morgan fingerprint density at radius 1 is 1.18 bits per heavy atom. The highest BCUT2D eigenvalue weighted by atomic mass is 35.5. The average Bonchev–Trinajstić information content (AvgIpc) is 3.58. The van der Waals surface area contributed by atoms with Gasteiger partial charge in [-0.1, -0.05) is 11.6 Å². The summed E-state index contributed by atoms with van der Waals surface area (Å²) in [7, 11) is 1.37. The van der Waals surface area contributed by atoms with Crippen LogP contribution in [0.5, 0.6) is 0 Å². The molecule has 5 rings (SSSR count). The lowest BCUT2D eigenvalue weighted by atomic mass is 9.91. The minimum Gasteiger partial charge on any atom is -0.387 e. The minimum absolute atomic E-state index is 0.0367. The monoisotopic (exact) mass is 647 g/mol. The van der Waals surface area contributed by atoms with Crippen molar-refractivity contribution in [1.29, 1.82) is 5.26 Å². The zero-order chi connectivity index (χ0) is 32.5. The first-order valence-corrected chi connectivity index (χ1v) is 14.3. The molecule has 3 aromatic rings. The van der Waals surface area contributed by atoms with Gasteiger partial charge >= 0.3 is 6.18 Å². The van der Waals surface area contributed by atoms with Crippen LogP contribution in [0.3, 0.4) is 0 Å². The number of aromatic nitrogens is 4. The normalized spacial score (nSPS) is 16.2. The van der Waals surface area contributed by atoms with Crippen molar-refractivity contribution in [2.24, 2.45) is 7.05 Å². The van der Waals surface area contributed by atoms with E-state index in [1.54, 1.807) is 15.9 Å². The van der Waals surface area contributed by atoms with E-state index in [0.717, 1.165) is 17.1 Å². The van der Waals surface area contributed by atoms with Gasteiger partial charge < -0.3 is 30.1 Å². The van der Waals surface area contributed by atoms with Crippen LogP contribution in [0.4, 0.5) is 18.9 Å². The molecule has 4 heterocycles. The number of nitrogens with zero attached hydrogens (tertiary/aromatic N) is 7. The third kappa shape index (κ3) is 6.80. The zero-order valence-electron chi connectivity index (χ0n) is 24.1. The summed E-state index contributed by atoms with van der Waals surface area (Å²) in [6.07, 6.45) is -2.02. The smallest absolute Gasteiger partial charge is 0.387 e. The van der Waals surface area contributed by atoms with Gasteiger partial charge in [0.1, 0.15) is 6.54 Å². The summed E-state index contributed by atoms with van der Waals surface area (Å²) in [6, 6.07) is 6.03. The van der Waals surface area contributed by atoms with E-state index in [4.69, 9.17) is 16.9 Å². The highest BCUT2D eigenvalue weighted by molar-refractivity contribution is 6.34. The molecule has 0 radical (unpaired) electrons. The van der Waals surface area contributed by atoms with Crippen LogP contribution in [-0.2, 0) is 24.6 Å². The number of amides is 3. The zero-order valence-corrected chi connectivity index (χ0v) is 24.8. The van der Waals surface area contributed by atoms with Crippen molar-refractivity contribution < 1.29 is 32.7 Å². The predicted molar refractivity (Wildman–Crippen MR) is 154 cm³/mol. The average molecular weight is 648 g/mol. The number of hydrogen-bond acceptors (Lipinski definition) is 8. The van der Waals surface area contributed by atoms with Gasteiger partial charge in [0.05, 0.1) is 39.7 Å². The Balaban J connectivity index is 1.21. The van der Waals surface area contributed by atoms with Crippen molar-refractivity contribution in [2.75, 3.05) is 44.6 Å².